The molecule has 0 saturated heterocycles. The first-order valence-electron chi connectivity index (χ1n) is 9.47. The molecule has 156 valence electrons. The van der Waals surface area contributed by atoms with Crippen LogP contribution in [-0.2, 0) is 16.4 Å². The van der Waals surface area contributed by atoms with Gasteiger partial charge in [-0.2, -0.15) is 0 Å². The fourth-order valence-corrected chi connectivity index (χ4v) is 4.12. The molecule has 0 radical (unpaired) electrons. The van der Waals surface area contributed by atoms with E-state index in [4.69, 9.17) is 11.6 Å². The molecule has 1 amide bonds. The number of halogens is 1. The van der Waals surface area contributed by atoms with Gasteiger partial charge in [-0.1, -0.05) is 47.5 Å². The Morgan fingerprint density at radius 1 is 0.933 bits per heavy atom. The van der Waals surface area contributed by atoms with Gasteiger partial charge < -0.3 is 5.32 Å². The summed E-state index contributed by atoms with van der Waals surface area (Å²) in [6.45, 7) is 4.14. The Morgan fingerprint density at radius 3 is 2.27 bits per heavy atom. The van der Waals surface area contributed by atoms with Crippen LogP contribution < -0.4 is 10.0 Å². The maximum Gasteiger partial charge on any atom is 0.261 e. The van der Waals surface area contributed by atoms with Crippen LogP contribution in [0.5, 0.6) is 0 Å². The van der Waals surface area contributed by atoms with Gasteiger partial charge in [0, 0.05) is 17.1 Å². The molecule has 3 aromatic rings. The SMILES string of the molecule is Cc1ccc(S(=O)(=O)Nc2cc(C(=O)NCCc3ccc(Cl)cc3)ccc2C)cc1. The third-order valence-electron chi connectivity index (χ3n) is 4.69. The van der Waals surface area contributed by atoms with Gasteiger partial charge >= 0.3 is 0 Å². The van der Waals surface area contributed by atoms with E-state index in [0.29, 0.717) is 29.2 Å². The Hall–Kier alpha value is -2.83. The summed E-state index contributed by atoms with van der Waals surface area (Å²) >= 11 is 5.88. The van der Waals surface area contributed by atoms with Crippen molar-refractivity contribution in [2.75, 3.05) is 11.3 Å². The molecule has 30 heavy (non-hydrogen) atoms. The molecule has 0 bridgehead atoms. The lowest BCUT2D eigenvalue weighted by Crippen LogP contribution is -2.26. The van der Waals surface area contributed by atoms with E-state index in [0.717, 1.165) is 16.7 Å². The van der Waals surface area contributed by atoms with Crippen molar-refractivity contribution >= 4 is 33.2 Å². The van der Waals surface area contributed by atoms with Gasteiger partial charge in [0.1, 0.15) is 0 Å². The van der Waals surface area contributed by atoms with E-state index in [9.17, 15) is 13.2 Å². The minimum Gasteiger partial charge on any atom is -0.352 e. The average Bonchev–Trinajstić information content (AvgIpc) is 2.71. The quantitative estimate of drug-likeness (QED) is 0.555. The lowest BCUT2D eigenvalue weighted by Gasteiger charge is -2.13. The predicted molar refractivity (Wildman–Crippen MR) is 121 cm³/mol. The Labute approximate surface area is 182 Å². The molecule has 7 heteroatoms. The van der Waals surface area contributed by atoms with Gasteiger partial charge in [0.2, 0.25) is 0 Å². The second kappa shape index (κ2) is 9.32. The Bertz CT molecular complexity index is 1140. The number of benzene rings is 3. The number of amides is 1. The van der Waals surface area contributed by atoms with E-state index >= 15 is 0 Å². The number of carbonyl (C=O) groups is 1. The van der Waals surface area contributed by atoms with Crippen LogP contribution in [0.1, 0.15) is 27.0 Å². The first-order chi connectivity index (χ1) is 14.2. The van der Waals surface area contributed by atoms with Crippen LogP contribution in [0.2, 0.25) is 5.02 Å². The minimum atomic E-state index is -3.74. The molecule has 5 nitrogen and oxygen atoms in total. The Morgan fingerprint density at radius 2 is 1.60 bits per heavy atom. The maximum absolute atomic E-state index is 12.7. The van der Waals surface area contributed by atoms with Crippen LogP contribution in [0, 0.1) is 13.8 Å². The van der Waals surface area contributed by atoms with Gasteiger partial charge in [-0.25, -0.2) is 8.42 Å². The fraction of sp³-hybridized carbons (Fsp3) is 0.174. The van der Waals surface area contributed by atoms with Crippen molar-refractivity contribution in [2.45, 2.75) is 25.2 Å². The molecule has 0 aromatic heterocycles. The van der Waals surface area contributed by atoms with Crippen molar-refractivity contribution in [3.8, 4) is 0 Å². The number of aryl methyl sites for hydroxylation is 2. The molecule has 0 atom stereocenters. The molecular formula is C23H23ClN2O3S. The standard InChI is InChI=1S/C23H23ClN2O3S/c1-16-3-11-21(12-4-16)30(28,29)26-22-15-19(8-5-17(22)2)23(27)25-14-13-18-6-9-20(24)10-7-18/h3-12,15,26H,13-14H2,1-2H3,(H,25,27). The highest BCUT2D eigenvalue weighted by molar-refractivity contribution is 7.92. The maximum atomic E-state index is 12.7. The Kier molecular flexibility index (Phi) is 6.80. The molecule has 2 N–H and O–H groups in total. The molecule has 0 spiro atoms. The summed E-state index contributed by atoms with van der Waals surface area (Å²) in [6.07, 6.45) is 0.668. The van der Waals surface area contributed by atoms with Gasteiger partial charge in [0.25, 0.3) is 15.9 Å². The van der Waals surface area contributed by atoms with Crippen molar-refractivity contribution in [1.29, 1.82) is 0 Å². The highest BCUT2D eigenvalue weighted by atomic mass is 35.5. The van der Waals surface area contributed by atoms with E-state index in [1.165, 1.54) is 0 Å². The van der Waals surface area contributed by atoms with E-state index in [-0.39, 0.29) is 10.8 Å². The van der Waals surface area contributed by atoms with Crippen LogP contribution in [0.25, 0.3) is 0 Å². The van der Waals surface area contributed by atoms with Crippen molar-refractivity contribution < 1.29 is 13.2 Å². The lowest BCUT2D eigenvalue weighted by molar-refractivity contribution is 0.0954. The zero-order valence-corrected chi connectivity index (χ0v) is 18.3. The van der Waals surface area contributed by atoms with E-state index < -0.39 is 10.0 Å². The van der Waals surface area contributed by atoms with Gasteiger partial charge in [0.05, 0.1) is 10.6 Å². The van der Waals surface area contributed by atoms with Crippen LogP contribution in [0.15, 0.2) is 71.6 Å². The lowest BCUT2D eigenvalue weighted by atomic mass is 10.1. The molecule has 0 aliphatic carbocycles. The number of carbonyl (C=O) groups excluding carboxylic acids is 1. The summed E-state index contributed by atoms with van der Waals surface area (Å²) in [5, 5.41) is 3.53. The van der Waals surface area contributed by atoms with Crippen molar-refractivity contribution in [3.05, 3.63) is 94.0 Å². The van der Waals surface area contributed by atoms with E-state index in [1.54, 1.807) is 49.4 Å². The highest BCUT2D eigenvalue weighted by Gasteiger charge is 2.16. The molecule has 3 rings (SSSR count). The topological polar surface area (TPSA) is 75.3 Å². The van der Waals surface area contributed by atoms with Crippen LogP contribution in [0.4, 0.5) is 5.69 Å². The number of rotatable bonds is 7. The second-order valence-corrected chi connectivity index (χ2v) is 9.20. The summed E-state index contributed by atoms with van der Waals surface area (Å²) in [5.74, 6) is -0.264. The fourth-order valence-electron chi connectivity index (χ4n) is 2.87. The molecular weight excluding hydrogens is 420 g/mol. The number of sulfonamides is 1. The van der Waals surface area contributed by atoms with Crippen LogP contribution >= 0.6 is 11.6 Å². The monoisotopic (exact) mass is 442 g/mol. The van der Waals surface area contributed by atoms with E-state index in [2.05, 4.69) is 10.0 Å². The molecule has 0 aliphatic heterocycles. The average molecular weight is 443 g/mol. The number of hydrogen-bond acceptors (Lipinski definition) is 3. The largest absolute Gasteiger partial charge is 0.352 e. The van der Waals surface area contributed by atoms with Gasteiger partial charge in [-0.3, -0.25) is 9.52 Å². The second-order valence-electron chi connectivity index (χ2n) is 7.08. The summed E-state index contributed by atoms with van der Waals surface area (Å²) in [4.78, 5) is 12.7. The van der Waals surface area contributed by atoms with Crippen molar-refractivity contribution in [3.63, 3.8) is 0 Å². The van der Waals surface area contributed by atoms with E-state index in [1.807, 2.05) is 31.2 Å². The third-order valence-corrected chi connectivity index (χ3v) is 6.32. The molecule has 0 unspecified atom stereocenters. The summed E-state index contributed by atoms with van der Waals surface area (Å²) in [5.41, 5.74) is 3.53. The zero-order chi connectivity index (χ0) is 21.7. The predicted octanol–water partition coefficient (Wildman–Crippen LogP) is 4.73. The minimum absolute atomic E-state index is 0.172. The van der Waals surface area contributed by atoms with Crippen molar-refractivity contribution in [1.82, 2.24) is 5.32 Å². The van der Waals surface area contributed by atoms with Gasteiger partial charge in [-0.05, 0) is 67.8 Å². The van der Waals surface area contributed by atoms with Crippen molar-refractivity contribution in [2.24, 2.45) is 0 Å². The first-order valence-corrected chi connectivity index (χ1v) is 11.3. The summed E-state index contributed by atoms with van der Waals surface area (Å²) in [7, 11) is -3.74. The molecule has 0 saturated carbocycles. The molecule has 0 heterocycles. The highest BCUT2D eigenvalue weighted by Crippen LogP contribution is 2.21. The number of nitrogens with one attached hydrogen (secondary N) is 2. The number of hydrogen-bond donors (Lipinski definition) is 2. The first kappa shape index (κ1) is 21.9. The normalized spacial score (nSPS) is 11.2. The molecule has 0 aliphatic rings. The van der Waals surface area contributed by atoms with Crippen LogP contribution in [0.3, 0.4) is 0 Å². The molecule has 0 fully saturated rings. The molecule has 3 aromatic carbocycles. The van der Waals surface area contributed by atoms with Gasteiger partial charge in [-0.15, -0.1) is 0 Å². The third kappa shape index (κ3) is 5.62. The van der Waals surface area contributed by atoms with Crippen LogP contribution in [-0.4, -0.2) is 20.9 Å². The summed E-state index contributed by atoms with van der Waals surface area (Å²) < 4.78 is 27.9. The number of anilines is 1. The smallest absolute Gasteiger partial charge is 0.261 e. The Balaban J connectivity index is 1.68. The zero-order valence-electron chi connectivity index (χ0n) is 16.8. The van der Waals surface area contributed by atoms with Gasteiger partial charge in [0.15, 0.2) is 0 Å². The summed E-state index contributed by atoms with van der Waals surface area (Å²) in [6, 6.07) is 19.0.